The van der Waals surface area contributed by atoms with Crippen LogP contribution in [-0.4, -0.2) is 46.9 Å². The zero-order valence-electron chi connectivity index (χ0n) is 15.3. The third kappa shape index (κ3) is 3.81. The number of pyridine rings is 1. The topological polar surface area (TPSA) is 56.4 Å². The van der Waals surface area contributed by atoms with Crippen LogP contribution in [0.2, 0.25) is 0 Å². The first-order chi connectivity index (χ1) is 13.0. The summed E-state index contributed by atoms with van der Waals surface area (Å²) in [7, 11) is 0. The number of amides is 1. The summed E-state index contributed by atoms with van der Waals surface area (Å²) in [6, 6.07) is 11.5. The van der Waals surface area contributed by atoms with Crippen LogP contribution in [0.4, 0.5) is 4.39 Å². The molecule has 0 atom stereocenters. The molecule has 1 N–H and O–H groups in total. The molecule has 1 aromatic carbocycles. The molecule has 1 spiro atoms. The van der Waals surface area contributed by atoms with E-state index in [2.05, 4.69) is 34.1 Å². The Morgan fingerprint density at radius 1 is 1.11 bits per heavy atom. The highest BCUT2D eigenvalue weighted by atomic mass is 19.1. The third-order valence-corrected chi connectivity index (χ3v) is 5.98. The van der Waals surface area contributed by atoms with Crippen molar-refractivity contribution in [2.75, 3.05) is 26.2 Å². The number of carbonyl (C=O) groups excluding carboxylic acids is 1. The fourth-order valence-electron chi connectivity index (χ4n) is 4.38. The summed E-state index contributed by atoms with van der Waals surface area (Å²) < 4.78 is 13.4. The van der Waals surface area contributed by atoms with E-state index in [4.69, 9.17) is 0 Å². The number of benzene rings is 1. The molecule has 142 valence electrons. The van der Waals surface area contributed by atoms with Crippen LogP contribution in [-0.2, 0) is 6.54 Å². The first kappa shape index (κ1) is 17.9. The molecule has 2 fully saturated rings. The lowest BCUT2D eigenvalue weighted by Gasteiger charge is -2.39. The summed E-state index contributed by atoms with van der Waals surface area (Å²) in [5.41, 5.74) is 0.937. The molecular formula is C21H24FN3O2. The van der Waals surface area contributed by atoms with E-state index >= 15 is 0 Å². The van der Waals surface area contributed by atoms with Gasteiger partial charge in [-0.3, -0.25) is 14.5 Å². The molecule has 2 aliphatic heterocycles. The number of halogens is 1. The molecule has 6 heteroatoms. The van der Waals surface area contributed by atoms with Gasteiger partial charge in [0.1, 0.15) is 11.4 Å². The predicted octanol–water partition coefficient (Wildman–Crippen LogP) is 2.64. The second-order valence-corrected chi connectivity index (χ2v) is 7.80. The predicted molar refractivity (Wildman–Crippen MR) is 101 cm³/mol. The Morgan fingerprint density at radius 2 is 1.81 bits per heavy atom. The summed E-state index contributed by atoms with van der Waals surface area (Å²) in [4.78, 5) is 30.9. The molecule has 1 aromatic heterocycles. The highest BCUT2D eigenvalue weighted by molar-refractivity contribution is 5.93. The molecule has 0 radical (unpaired) electrons. The Hall–Kier alpha value is -2.47. The minimum atomic E-state index is -0.598. The van der Waals surface area contributed by atoms with Gasteiger partial charge in [-0.25, -0.2) is 4.39 Å². The average molecular weight is 369 g/mol. The van der Waals surface area contributed by atoms with Crippen molar-refractivity contribution in [1.29, 1.82) is 0 Å². The fourth-order valence-corrected chi connectivity index (χ4v) is 4.38. The molecule has 2 aliphatic rings. The molecule has 3 heterocycles. The summed E-state index contributed by atoms with van der Waals surface area (Å²) >= 11 is 0. The SMILES string of the molecule is O=C(c1cc(F)c[nH]c1=O)N1CCC2(CCN(Cc3ccccc3)C2)CC1. The number of aromatic amines is 1. The maximum absolute atomic E-state index is 13.4. The molecule has 27 heavy (non-hydrogen) atoms. The minimum Gasteiger partial charge on any atom is -0.338 e. The van der Waals surface area contributed by atoms with Crippen molar-refractivity contribution in [2.45, 2.75) is 25.8 Å². The van der Waals surface area contributed by atoms with E-state index in [-0.39, 0.29) is 16.9 Å². The van der Waals surface area contributed by atoms with Gasteiger partial charge in [-0.1, -0.05) is 30.3 Å². The van der Waals surface area contributed by atoms with Gasteiger partial charge in [0.15, 0.2) is 0 Å². The lowest BCUT2D eigenvalue weighted by molar-refractivity contribution is 0.0585. The van der Waals surface area contributed by atoms with Crippen LogP contribution in [0.15, 0.2) is 47.4 Å². The van der Waals surface area contributed by atoms with Gasteiger partial charge in [-0.2, -0.15) is 0 Å². The Morgan fingerprint density at radius 3 is 2.56 bits per heavy atom. The van der Waals surface area contributed by atoms with Crippen LogP contribution in [0.5, 0.6) is 0 Å². The van der Waals surface area contributed by atoms with E-state index in [0.29, 0.717) is 13.1 Å². The van der Waals surface area contributed by atoms with Crippen LogP contribution in [0.25, 0.3) is 0 Å². The largest absolute Gasteiger partial charge is 0.338 e. The van der Waals surface area contributed by atoms with Crippen molar-refractivity contribution in [3.63, 3.8) is 0 Å². The van der Waals surface area contributed by atoms with Gasteiger partial charge in [0.25, 0.3) is 11.5 Å². The first-order valence-electron chi connectivity index (χ1n) is 9.49. The van der Waals surface area contributed by atoms with Crippen molar-refractivity contribution in [1.82, 2.24) is 14.8 Å². The first-order valence-corrected chi connectivity index (χ1v) is 9.49. The van der Waals surface area contributed by atoms with Crippen molar-refractivity contribution in [3.05, 3.63) is 69.9 Å². The number of nitrogens with one attached hydrogen (secondary N) is 1. The highest BCUT2D eigenvalue weighted by Gasteiger charge is 2.41. The van der Waals surface area contributed by atoms with Crippen molar-refractivity contribution in [2.24, 2.45) is 5.41 Å². The number of carbonyl (C=O) groups is 1. The molecule has 5 nitrogen and oxygen atoms in total. The molecule has 2 saturated heterocycles. The molecule has 1 amide bonds. The number of H-pyrrole nitrogens is 1. The standard InChI is InChI=1S/C21H24FN3O2/c22-17-12-18(19(26)23-13-17)20(27)25-10-7-21(8-11-25)6-9-24(15-21)14-16-4-2-1-3-5-16/h1-5,12-13H,6-11,14-15H2,(H,23,26). The number of hydrogen-bond acceptors (Lipinski definition) is 3. The fraction of sp³-hybridized carbons (Fsp3) is 0.429. The van der Waals surface area contributed by atoms with Gasteiger partial charge in [0.2, 0.25) is 0 Å². The Kier molecular flexibility index (Phi) is 4.83. The summed E-state index contributed by atoms with van der Waals surface area (Å²) in [6.45, 7) is 4.32. The quantitative estimate of drug-likeness (QED) is 0.905. The van der Waals surface area contributed by atoms with Gasteiger partial charge in [-0.15, -0.1) is 0 Å². The van der Waals surface area contributed by atoms with E-state index < -0.39 is 11.4 Å². The van der Waals surface area contributed by atoms with Crippen LogP contribution in [0.1, 0.15) is 35.2 Å². The van der Waals surface area contributed by atoms with E-state index in [9.17, 15) is 14.0 Å². The molecule has 0 unspecified atom stereocenters. The Labute approximate surface area is 157 Å². The molecule has 2 aromatic rings. The Balaban J connectivity index is 1.37. The number of nitrogens with zero attached hydrogens (tertiary/aromatic N) is 2. The van der Waals surface area contributed by atoms with E-state index in [1.807, 2.05) is 6.07 Å². The molecular weight excluding hydrogens is 345 g/mol. The van der Waals surface area contributed by atoms with Crippen LogP contribution in [0, 0.1) is 11.2 Å². The maximum atomic E-state index is 13.4. The number of piperidine rings is 1. The third-order valence-electron chi connectivity index (χ3n) is 5.98. The van der Waals surface area contributed by atoms with Gasteiger partial charge in [0, 0.05) is 32.4 Å². The maximum Gasteiger partial charge on any atom is 0.260 e. The number of aromatic nitrogens is 1. The van der Waals surface area contributed by atoms with Crippen molar-refractivity contribution >= 4 is 5.91 Å². The average Bonchev–Trinajstić information content (AvgIpc) is 3.06. The van der Waals surface area contributed by atoms with E-state index in [1.54, 1.807) is 4.90 Å². The van der Waals surface area contributed by atoms with Crippen LogP contribution in [0.3, 0.4) is 0 Å². The monoisotopic (exact) mass is 369 g/mol. The molecule has 0 saturated carbocycles. The summed E-state index contributed by atoms with van der Waals surface area (Å²) in [6.07, 6.45) is 3.97. The molecule has 4 rings (SSSR count). The smallest absolute Gasteiger partial charge is 0.260 e. The number of hydrogen-bond donors (Lipinski definition) is 1. The normalized spacial score (nSPS) is 19.5. The van der Waals surface area contributed by atoms with Crippen molar-refractivity contribution < 1.29 is 9.18 Å². The van der Waals surface area contributed by atoms with Crippen molar-refractivity contribution in [3.8, 4) is 0 Å². The van der Waals surface area contributed by atoms with Gasteiger partial charge in [-0.05, 0) is 42.9 Å². The second kappa shape index (κ2) is 7.27. The minimum absolute atomic E-state index is 0.108. The summed E-state index contributed by atoms with van der Waals surface area (Å²) in [5.74, 6) is -0.969. The zero-order valence-corrected chi connectivity index (χ0v) is 15.3. The van der Waals surface area contributed by atoms with Gasteiger partial charge in [0.05, 0.1) is 0 Å². The van der Waals surface area contributed by atoms with E-state index in [1.165, 1.54) is 5.56 Å². The zero-order chi connectivity index (χ0) is 18.9. The molecule has 0 aliphatic carbocycles. The lowest BCUT2D eigenvalue weighted by atomic mass is 9.77. The summed E-state index contributed by atoms with van der Waals surface area (Å²) in [5, 5.41) is 0. The van der Waals surface area contributed by atoms with Crippen LogP contribution < -0.4 is 5.56 Å². The van der Waals surface area contributed by atoms with E-state index in [0.717, 1.165) is 51.2 Å². The van der Waals surface area contributed by atoms with Gasteiger partial charge < -0.3 is 9.88 Å². The molecule has 0 bridgehead atoms. The van der Waals surface area contributed by atoms with Gasteiger partial charge >= 0.3 is 0 Å². The highest BCUT2D eigenvalue weighted by Crippen LogP contribution is 2.41. The second-order valence-electron chi connectivity index (χ2n) is 7.80. The Bertz CT molecular complexity index is 872. The number of rotatable bonds is 3. The van der Waals surface area contributed by atoms with Crippen LogP contribution >= 0.6 is 0 Å². The number of likely N-dealkylation sites (tertiary alicyclic amines) is 2. The lowest BCUT2D eigenvalue weighted by Crippen LogP contribution is -2.45.